The predicted octanol–water partition coefficient (Wildman–Crippen LogP) is 0.628. The third-order valence-corrected chi connectivity index (χ3v) is 4.32. The van der Waals surface area contributed by atoms with Gasteiger partial charge in [0.15, 0.2) is 0 Å². The van der Waals surface area contributed by atoms with Crippen molar-refractivity contribution >= 4 is 25.5 Å². The average Bonchev–Trinajstić information content (AvgIpc) is 2.61. The Labute approximate surface area is 117 Å². The van der Waals surface area contributed by atoms with E-state index in [-0.39, 0.29) is 32.0 Å². The van der Waals surface area contributed by atoms with Crippen LogP contribution in [0.1, 0.15) is 13.8 Å². The second-order valence-corrected chi connectivity index (χ2v) is 6.05. The van der Waals surface area contributed by atoms with Gasteiger partial charge in [0.05, 0.1) is 13.2 Å². The van der Waals surface area contributed by atoms with E-state index in [1.165, 1.54) is 11.9 Å². The highest BCUT2D eigenvalue weighted by Gasteiger charge is 2.36. The highest BCUT2D eigenvalue weighted by atomic mass is 31.2. The zero-order chi connectivity index (χ0) is 15.3. The molecule has 1 heterocycles. The number of likely N-dealkylation sites (N-methyl/N-ethyl adjacent to an activating group) is 1. The molecule has 3 amide bonds. The maximum atomic E-state index is 12.1. The van der Waals surface area contributed by atoms with Crippen LogP contribution < -0.4 is 5.32 Å². The van der Waals surface area contributed by atoms with E-state index in [1.807, 2.05) is 0 Å². The van der Waals surface area contributed by atoms with Gasteiger partial charge in [0.1, 0.15) is 12.8 Å². The summed E-state index contributed by atoms with van der Waals surface area (Å²) in [4.78, 5) is 25.4. The van der Waals surface area contributed by atoms with Gasteiger partial charge >= 0.3 is 13.6 Å². The molecule has 0 saturated carbocycles. The number of rotatable bonds is 6. The van der Waals surface area contributed by atoms with Crippen molar-refractivity contribution in [2.45, 2.75) is 13.8 Å². The van der Waals surface area contributed by atoms with Gasteiger partial charge in [-0.1, -0.05) is 0 Å². The summed E-state index contributed by atoms with van der Waals surface area (Å²) in [6, 6.07) is -0.816. The number of imide groups is 1. The Balaban J connectivity index is 2.64. The van der Waals surface area contributed by atoms with Crippen molar-refractivity contribution in [3.8, 4) is 0 Å². The third kappa shape index (κ3) is 3.78. The maximum Gasteiger partial charge on any atom is 0.349 e. The quantitative estimate of drug-likeness (QED) is 0.696. The first-order valence-electron chi connectivity index (χ1n) is 6.13. The molecule has 0 aromatic heterocycles. The lowest BCUT2D eigenvalue weighted by Crippen LogP contribution is -2.44. The average molecular weight is 306 g/mol. The van der Waals surface area contributed by atoms with Crippen molar-refractivity contribution in [2.24, 2.45) is 0 Å². The number of hydrogen-bond donors (Lipinski definition) is 2. The Hall–Kier alpha value is -1.44. The first-order valence-corrected chi connectivity index (χ1v) is 7.86. The minimum Gasteiger partial charge on any atom is -0.336 e. The number of carbonyl (C=O) groups excluding carboxylic acids is 2. The summed E-state index contributed by atoms with van der Waals surface area (Å²) in [7, 11) is -1.90. The van der Waals surface area contributed by atoms with Gasteiger partial charge in [0, 0.05) is 7.05 Å². The van der Waals surface area contributed by atoms with Gasteiger partial charge in [0.2, 0.25) is 5.96 Å². The van der Waals surface area contributed by atoms with Crippen LogP contribution in [0.3, 0.4) is 0 Å². The Bertz CT molecular complexity index is 445. The molecule has 0 unspecified atom stereocenters. The molecule has 0 bridgehead atoms. The van der Waals surface area contributed by atoms with Crippen LogP contribution in [0.25, 0.3) is 0 Å². The molecule has 1 fully saturated rings. The van der Waals surface area contributed by atoms with E-state index in [9.17, 15) is 14.2 Å². The van der Waals surface area contributed by atoms with Crippen LogP contribution in [0.5, 0.6) is 0 Å². The zero-order valence-electron chi connectivity index (χ0n) is 11.7. The molecule has 1 saturated heterocycles. The number of amides is 3. The van der Waals surface area contributed by atoms with Crippen LogP contribution in [0.15, 0.2) is 0 Å². The molecule has 0 aromatic rings. The SMILES string of the molecule is CCOP(=O)(CNC(=O)N1C(=N)N(C)CC1=O)OCC. The molecule has 2 N–H and O–H groups in total. The Morgan fingerprint density at radius 2 is 1.95 bits per heavy atom. The maximum absolute atomic E-state index is 12.1. The Morgan fingerprint density at radius 3 is 2.35 bits per heavy atom. The summed E-state index contributed by atoms with van der Waals surface area (Å²) in [5.74, 6) is -0.743. The number of nitrogens with one attached hydrogen (secondary N) is 2. The molecule has 9 nitrogen and oxygen atoms in total. The van der Waals surface area contributed by atoms with E-state index in [4.69, 9.17) is 14.5 Å². The first-order chi connectivity index (χ1) is 9.34. The lowest BCUT2D eigenvalue weighted by Gasteiger charge is -2.20. The van der Waals surface area contributed by atoms with Crippen LogP contribution in [-0.2, 0) is 18.4 Å². The van der Waals surface area contributed by atoms with E-state index in [1.54, 1.807) is 13.8 Å². The van der Waals surface area contributed by atoms with E-state index in [0.29, 0.717) is 4.90 Å². The normalized spacial score (nSPS) is 15.9. The van der Waals surface area contributed by atoms with E-state index in [0.717, 1.165) is 0 Å². The van der Waals surface area contributed by atoms with Crippen LogP contribution in [0.4, 0.5) is 4.79 Å². The molecule has 0 spiro atoms. The van der Waals surface area contributed by atoms with Crippen LogP contribution in [0, 0.1) is 5.41 Å². The number of hydrogen-bond acceptors (Lipinski definition) is 6. The lowest BCUT2D eigenvalue weighted by molar-refractivity contribution is -0.123. The van der Waals surface area contributed by atoms with Crippen molar-refractivity contribution in [1.82, 2.24) is 15.1 Å². The smallest absolute Gasteiger partial charge is 0.336 e. The van der Waals surface area contributed by atoms with Crippen molar-refractivity contribution < 1.29 is 23.2 Å². The van der Waals surface area contributed by atoms with Crippen LogP contribution in [0.2, 0.25) is 0 Å². The number of urea groups is 1. The minimum atomic E-state index is -3.42. The predicted molar refractivity (Wildman–Crippen MR) is 71.5 cm³/mol. The van der Waals surface area contributed by atoms with Gasteiger partial charge in [0.25, 0.3) is 5.91 Å². The number of nitrogens with zero attached hydrogens (tertiary/aromatic N) is 2. The monoisotopic (exact) mass is 306 g/mol. The van der Waals surface area contributed by atoms with Gasteiger partial charge in [-0.25, -0.2) is 4.79 Å². The highest BCUT2D eigenvalue weighted by Crippen LogP contribution is 2.46. The summed E-state index contributed by atoms with van der Waals surface area (Å²) < 4.78 is 22.2. The van der Waals surface area contributed by atoms with Crippen molar-refractivity contribution in [3.05, 3.63) is 0 Å². The number of guanidine groups is 1. The Kier molecular flexibility index (Phi) is 5.67. The molecule has 0 aliphatic carbocycles. The van der Waals surface area contributed by atoms with Crippen molar-refractivity contribution in [1.29, 1.82) is 5.41 Å². The standard InChI is InChI=1S/C10H19N4O5P/c1-4-18-20(17,19-5-2)7-12-10(16)14-8(15)6-13(3)9(14)11/h11H,4-7H2,1-3H3,(H,12,16). The van der Waals surface area contributed by atoms with Crippen LogP contribution >= 0.6 is 7.60 Å². The summed E-state index contributed by atoms with van der Waals surface area (Å²) in [5.41, 5.74) is 0. The molecule has 1 aliphatic heterocycles. The number of carbonyl (C=O) groups is 2. The molecule has 20 heavy (non-hydrogen) atoms. The van der Waals surface area contributed by atoms with E-state index < -0.39 is 19.5 Å². The molecule has 0 radical (unpaired) electrons. The molecule has 1 rings (SSSR count). The lowest BCUT2D eigenvalue weighted by atomic mass is 10.6. The summed E-state index contributed by atoms with van der Waals surface area (Å²) in [5, 5.41) is 9.91. The van der Waals surface area contributed by atoms with E-state index >= 15 is 0 Å². The second kappa shape index (κ2) is 6.83. The van der Waals surface area contributed by atoms with Gasteiger partial charge in [-0.2, -0.15) is 4.90 Å². The van der Waals surface area contributed by atoms with Gasteiger partial charge in [-0.3, -0.25) is 14.8 Å². The first kappa shape index (κ1) is 16.6. The van der Waals surface area contributed by atoms with Crippen molar-refractivity contribution in [2.75, 3.05) is 33.1 Å². The zero-order valence-corrected chi connectivity index (χ0v) is 12.6. The largest absolute Gasteiger partial charge is 0.349 e. The van der Waals surface area contributed by atoms with Crippen LogP contribution in [-0.4, -0.2) is 60.8 Å². The minimum absolute atomic E-state index is 0.0408. The van der Waals surface area contributed by atoms with E-state index in [2.05, 4.69) is 5.32 Å². The fourth-order valence-electron chi connectivity index (χ4n) is 1.61. The Morgan fingerprint density at radius 1 is 1.40 bits per heavy atom. The van der Waals surface area contributed by atoms with Gasteiger partial charge in [-0.05, 0) is 13.8 Å². The fourth-order valence-corrected chi connectivity index (χ4v) is 2.99. The summed E-state index contributed by atoms with van der Waals surface area (Å²) >= 11 is 0. The molecular formula is C10H19N4O5P. The summed E-state index contributed by atoms with van der Waals surface area (Å²) in [6.07, 6.45) is -0.353. The summed E-state index contributed by atoms with van der Waals surface area (Å²) in [6.45, 7) is 3.62. The molecule has 10 heteroatoms. The molecule has 1 aliphatic rings. The second-order valence-electron chi connectivity index (χ2n) is 4.00. The topological polar surface area (TPSA) is 112 Å². The molecule has 0 atom stereocenters. The van der Waals surface area contributed by atoms with Crippen molar-refractivity contribution in [3.63, 3.8) is 0 Å². The third-order valence-electron chi connectivity index (χ3n) is 2.47. The van der Waals surface area contributed by atoms with Gasteiger partial charge < -0.3 is 19.3 Å². The van der Waals surface area contributed by atoms with Gasteiger partial charge in [-0.15, -0.1) is 0 Å². The molecule has 0 aromatic carbocycles. The fraction of sp³-hybridized carbons (Fsp3) is 0.700. The molecular weight excluding hydrogens is 287 g/mol. The highest BCUT2D eigenvalue weighted by molar-refractivity contribution is 7.53. The molecule has 114 valence electrons.